The molecule has 1 aromatic heterocycles. The number of nitrogens with one attached hydrogen (secondary N) is 1. The summed E-state index contributed by atoms with van der Waals surface area (Å²) in [6.07, 6.45) is 1.74. The maximum atomic E-state index is 5.18. The molecule has 0 unspecified atom stereocenters. The molecule has 30 heavy (non-hydrogen) atoms. The van der Waals surface area contributed by atoms with Crippen LogP contribution in [-0.4, -0.2) is 23.3 Å². The lowest BCUT2D eigenvalue weighted by Gasteiger charge is -2.08. The first-order chi connectivity index (χ1) is 14.7. The third kappa shape index (κ3) is 4.90. The second-order valence-corrected chi connectivity index (χ2v) is 7.39. The van der Waals surface area contributed by atoms with Crippen LogP contribution in [0.2, 0.25) is 0 Å². The normalized spacial score (nSPS) is 10.9. The SMILES string of the molecule is COc1ccc(/C=N/Nc2cc(-c3ccccc3)nc(-c3ccc(Br)cc3)n2)cc1. The molecule has 1 N–H and O–H groups in total. The van der Waals surface area contributed by atoms with Gasteiger partial charge in [0.2, 0.25) is 0 Å². The lowest BCUT2D eigenvalue weighted by Crippen LogP contribution is -1.99. The predicted octanol–water partition coefficient (Wildman–Crippen LogP) is 6.03. The number of ether oxygens (including phenoxy) is 1. The summed E-state index contributed by atoms with van der Waals surface area (Å²) >= 11 is 3.47. The number of hydrogen-bond acceptors (Lipinski definition) is 5. The van der Waals surface area contributed by atoms with Gasteiger partial charge in [0.15, 0.2) is 11.6 Å². The predicted molar refractivity (Wildman–Crippen MR) is 125 cm³/mol. The van der Waals surface area contributed by atoms with E-state index in [0.717, 1.165) is 32.6 Å². The third-order valence-corrected chi connectivity index (χ3v) is 4.94. The summed E-state index contributed by atoms with van der Waals surface area (Å²) in [6, 6.07) is 27.5. The molecule has 0 atom stereocenters. The summed E-state index contributed by atoms with van der Waals surface area (Å²) in [4.78, 5) is 9.40. The molecule has 0 saturated heterocycles. The van der Waals surface area contributed by atoms with Crippen molar-refractivity contribution in [1.29, 1.82) is 0 Å². The first kappa shape index (κ1) is 19.8. The number of benzene rings is 3. The third-order valence-electron chi connectivity index (χ3n) is 4.41. The highest BCUT2D eigenvalue weighted by molar-refractivity contribution is 9.10. The molecule has 4 rings (SSSR count). The summed E-state index contributed by atoms with van der Waals surface area (Å²) in [7, 11) is 1.65. The van der Waals surface area contributed by atoms with E-state index in [-0.39, 0.29) is 0 Å². The Hall–Kier alpha value is -3.51. The lowest BCUT2D eigenvalue weighted by atomic mass is 10.1. The molecule has 0 spiro atoms. The van der Waals surface area contributed by atoms with Crippen LogP contribution in [0.3, 0.4) is 0 Å². The second-order valence-electron chi connectivity index (χ2n) is 6.48. The van der Waals surface area contributed by atoms with E-state index >= 15 is 0 Å². The minimum absolute atomic E-state index is 0.617. The van der Waals surface area contributed by atoms with Crippen LogP contribution in [0.4, 0.5) is 5.82 Å². The maximum absolute atomic E-state index is 5.18. The molecule has 0 saturated carbocycles. The molecule has 0 aliphatic heterocycles. The van der Waals surface area contributed by atoms with Crippen molar-refractivity contribution in [3.63, 3.8) is 0 Å². The van der Waals surface area contributed by atoms with Crippen molar-refractivity contribution in [1.82, 2.24) is 9.97 Å². The van der Waals surface area contributed by atoms with E-state index in [4.69, 9.17) is 9.72 Å². The van der Waals surface area contributed by atoms with Gasteiger partial charge in [-0.1, -0.05) is 58.4 Å². The Morgan fingerprint density at radius 1 is 0.867 bits per heavy atom. The van der Waals surface area contributed by atoms with Gasteiger partial charge in [-0.15, -0.1) is 0 Å². The molecule has 0 aliphatic carbocycles. The van der Waals surface area contributed by atoms with E-state index in [1.165, 1.54) is 0 Å². The van der Waals surface area contributed by atoms with Crippen LogP contribution in [0, 0.1) is 0 Å². The quantitative estimate of drug-likeness (QED) is 0.283. The fraction of sp³-hybridized carbons (Fsp3) is 0.0417. The van der Waals surface area contributed by atoms with Crippen LogP contribution >= 0.6 is 15.9 Å². The Balaban J connectivity index is 1.64. The van der Waals surface area contributed by atoms with Gasteiger partial charge in [0.05, 0.1) is 19.0 Å². The Morgan fingerprint density at radius 3 is 2.30 bits per heavy atom. The highest BCUT2D eigenvalue weighted by Crippen LogP contribution is 2.25. The van der Waals surface area contributed by atoms with E-state index < -0.39 is 0 Å². The summed E-state index contributed by atoms with van der Waals surface area (Å²) in [5.74, 6) is 2.06. The number of anilines is 1. The van der Waals surface area contributed by atoms with Gasteiger partial charge in [-0.25, -0.2) is 9.97 Å². The molecular weight excluding hydrogens is 440 g/mol. The van der Waals surface area contributed by atoms with E-state index in [1.807, 2.05) is 84.9 Å². The second kappa shape index (κ2) is 9.33. The van der Waals surface area contributed by atoms with Gasteiger partial charge in [-0.05, 0) is 42.0 Å². The maximum Gasteiger partial charge on any atom is 0.162 e. The van der Waals surface area contributed by atoms with Gasteiger partial charge in [0.1, 0.15) is 5.75 Å². The van der Waals surface area contributed by atoms with Gasteiger partial charge >= 0.3 is 0 Å². The van der Waals surface area contributed by atoms with Crippen LogP contribution in [0.25, 0.3) is 22.6 Å². The van der Waals surface area contributed by atoms with Crippen molar-refractivity contribution in [2.24, 2.45) is 5.10 Å². The molecule has 0 radical (unpaired) electrons. The number of methoxy groups -OCH3 is 1. The van der Waals surface area contributed by atoms with Crippen LogP contribution in [-0.2, 0) is 0 Å². The standard InChI is InChI=1S/C24H19BrN4O/c1-30-21-13-7-17(8-14-21)16-26-29-23-15-22(18-5-3-2-4-6-18)27-24(28-23)19-9-11-20(25)12-10-19/h2-16H,1H3,(H,27,28,29)/b26-16+. The summed E-state index contributed by atoms with van der Waals surface area (Å²) < 4.78 is 6.19. The zero-order valence-corrected chi connectivity index (χ0v) is 17.9. The first-order valence-corrected chi connectivity index (χ1v) is 10.1. The molecular formula is C24H19BrN4O. The summed E-state index contributed by atoms with van der Waals surface area (Å²) in [5.41, 5.74) is 6.75. The average molecular weight is 459 g/mol. The number of aromatic nitrogens is 2. The molecule has 4 aromatic rings. The monoisotopic (exact) mass is 458 g/mol. The van der Waals surface area contributed by atoms with Gasteiger partial charge in [0.25, 0.3) is 0 Å². The Bertz CT molecular complexity index is 1140. The number of hydrazone groups is 1. The highest BCUT2D eigenvalue weighted by atomic mass is 79.9. The van der Waals surface area contributed by atoms with Crippen molar-refractivity contribution in [2.75, 3.05) is 12.5 Å². The number of rotatable bonds is 6. The molecule has 1 heterocycles. The van der Waals surface area contributed by atoms with Gasteiger partial charge in [-0.2, -0.15) is 5.10 Å². The topological polar surface area (TPSA) is 59.4 Å². The van der Waals surface area contributed by atoms with Crippen LogP contribution < -0.4 is 10.2 Å². The van der Waals surface area contributed by atoms with Crippen molar-refractivity contribution >= 4 is 28.0 Å². The van der Waals surface area contributed by atoms with Crippen LogP contribution in [0.5, 0.6) is 5.75 Å². The lowest BCUT2D eigenvalue weighted by molar-refractivity contribution is 0.415. The first-order valence-electron chi connectivity index (χ1n) is 9.35. The fourth-order valence-corrected chi connectivity index (χ4v) is 3.12. The van der Waals surface area contributed by atoms with E-state index in [1.54, 1.807) is 13.3 Å². The Kier molecular flexibility index (Phi) is 6.15. The smallest absolute Gasteiger partial charge is 0.162 e. The zero-order valence-electron chi connectivity index (χ0n) is 16.3. The van der Waals surface area contributed by atoms with Crippen molar-refractivity contribution in [3.05, 3.63) is 95.0 Å². The summed E-state index contributed by atoms with van der Waals surface area (Å²) in [5, 5.41) is 4.34. The Labute approximate surface area is 183 Å². The molecule has 0 bridgehead atoms. The average Bonchev–Trinajstić information content (AvgIpc) is 2.80. The molecule has 0 fully saturated rings. The van der Waals surface area contributed by atoms with Crippen molar-refractivity contribution in [3.8, 4) is 28.4 Å². The molecule has 0 amide bonds. The van der Waals surface area contributed by atoms with Crippen LogP contribution in [0.1, 0.15) is 5.56 Å². The van der Waals surface area contributed by atoms with Gasteiger partial charge < -0.3 is 4.74 Å². The highest BCUT2D eigenvalue weighted by Gasteiger charge is 2.08. The van der Waals surface area contributed by atoms with Gasteiger partial charge in [0, 0.05) is 21.7 Å². The number of halogens is 1. The van der Waals surface area contributed by atoms with E-state index in [9.17, 15) is 0 Å². The molecule has 5 nitrogen and oxygen atoms in total. The summed E-state index contributed by atoms with van der Waals surface area (Å²) in [6.45, 7) is 0. The zero-order chi connectivity index (χ0) is 20.8. The van der Waals surface area contributed by atoms with Crippen molar-refractivity contribution < 1.29 is 4.74 Å². The molecule has 3 aromatic carbocycles. The number of nitrogens with zero attached hydrogens (tertiary/aromatic N) is 3. The molecule has 0 aliphatic rings. The number of hydrogen-bond donors (Lipinski definition) is 1. The van der Waals surface area contributed by atoms with E-state index in [0.29, 0.717) is 11.6 Å². The Morgan fingerprint density at radius 2 is 1.60 bits per heavy atom. The molecule has 6 heteroatoms. The largest absolute Gasteiger partial charge is 0.497 e. The molecule has 148 valence electrons. The van der Waals surface area contributed by atoms with E-state index in [2.05, 4.69) is 31.4 Å². The van der Waals surface area contributed by atoms with Gasteiger partial charge in [-0.3, -0.25) is 5.43 Å². The minimum Gasteiger partial charge on any atom is -0.497 e. The van der Waals surface area contributed by atoms with Crippen molar-refractivity contribution in [2.45, 2.75) is 0 Å². The van der Waals surface area contributed by atoms with Crippen LogP contribution in [0.15, 0.2) is 94.5 Å². The minimum atomic E-state index is 0.617. The fourth-order valence-electron chi connectivity index (χ4n) is 2.85.